The topological polar surface area (TPSA) is 78.9 Å². The van der Waals surface area contributed by atoms with Crippen molar-refractivity contribution >= 4 is 12.0 Å². The number of likely N-dealkylation sites (N-methyl/N-ethyl adjacent to an activating group) is 1. The van der Waals surface area contributed by atoms with E-state index in [2.05, 4.69) is 5.32 Å². The van der Waals surface area contributed by atoms with Gasteiger partial charge in [0.05, 0.1) is 0 Å². The second kappa shape index (κ2) is 6.44. The summed E-state index contributed by atoms with van der Waals surface area (Å²) in [6.07, 6.45) is 1.89. The minimum absolute atomic E-state index is 0.341. The summed E-state index contributed by atoms with van der Waals surface area (Å²) in [4.78, 5) is 23.6. The first kappa shape index (κ1) is 13.8. The molecule has 17 heavy (non-hydrogen) atoms. The molecule has 1 rings (SSSR count). The molecule has 0 saturated carbocycles. The summed E-state index contributed by atoms with van der Waals surface area (Å²) in [6, 6.07) is -1.16. The van der Waals surface area contributed by atoms with Crippen molar-refractivity contribution in [3.8, 4) is 0 Å². The molecular formula is C11H20N2O4. The number of amides is 2. The maximum atomic E-state index is 11.7. The van der Waals surface area contributed by atoms with E-state index in [9.17, 15) is 9.59 Å². The summed E-state index contributed by atoms with van der Waals surface area (Å²) < 4.78 is 5.22. The van der Waals surface area contributed by atoms with Gasteiger partial charge in [0, 0.05) is 26.8 Å². The molecule has 1 saturated heterocycles. The number of hydrogen-bond acceptors (Lipinski definition) is 3. The van der Waals surface area contributed by atoms with Crippen LogP contribution in [0.4, 0.5) is 4.79 Å². The van der Waals surface area contributed by atoms with Gasteiger partial charge < -0.3 is 20.1 Å². The average Bonchev–Trinajstić information content (AvgIpc) is 2.35. The summed E-state index contributed by atoms with van der Waals surface area (Å²) in [5, 5.41) is 11.5. The number of carboxylic acids is 1. The minimum Gasteiger partial charge on any atom is -0.480 e. The molecule has 2 N–H and O–H groups in total. The van der Waals surface area contributed by atoms with Gasteiger partial charge in [0.1, 0.15) is 6.04 Å². The van der Waals surface area contributed by atoms with E-state index >= 15 is 0 Å². The highest BCUT2D eigenvalue weighted by molar-refractivity contribution is 5.82. The molecule has 1 aliphatic heterocycles. The van der Waals surface area contributed by atoms with E-state index in [1.165, 1.54) is 18.9 Å². The van der Waals surface area contributed by atoms with Gasteiger partial charge in [-0.05, 0) is 25.7 Å². The van der Waals surface area contributed by atoms with Gasteiger partial charge in [-0.1, -0.05) is 0 Å². The highest BCUT2D eigenvalue weighted by Crippen LogP contribution is 2.13. The Bertz CT molecular complexity index is 277. The van der Waals surface area contributed by atoms with Gasteiger partial charge in [-0.2, -0.15) is 0 Å². The molecular weight excluding hydrogens is 224 g/mol. The third-order valence-electron chi connectivity index (χ3n) is 3.14. The minimum atomic E-state index is -1.01. The number of hydrogen-bond donors (Lipinski definition) is 2. The van der Waals surface area contributed by atoms with Crippen LogP contribution in [0.5, 0.6) is 0 Å². The molecule has 1 atom stereocenters. The van der Waals surface area contributed by atoms with Crippen molar-refractivity contribution in [1.29, 1.82) is 0 Å². The van der Waals surface area contributed by atoms with Crippen molar-refractivity contribution in [3.63, 3.8) is 0 Å². The first-order valence-corrected chi connectivity index (χ1v) is 5.83. The van der Waals surface area contributed by atoms with Crippen molar-refractivity contribution in [3.05, 3.63) is 0 Å². The van der Waals surface area contributed by atoms with Crippen LogP contribution in [-0.4, -0.2) is 54.9 Å². The molecule has 1 fully saturated rings. The van der Waals surface area contributed by atoms with Gasteiger partial charge in [-0.3, -0.25) is 0 Å². The predicted molar refractivity (Wildman–Crippen MR) is 61.8 cm³/mol. The van der Waals surface area contributed by atoms with Crippen LogP contribution in [0, 0.1) is 5.92 Å². The molecule has 0 aromatic carbocycles. The van der Waals surface area contributed by atoms with E-state index < -0.39 is 12.0 Å². The Morgan fingerprint density at radius 2 is 2.06 bits per heavy atom. The molecule has 98 valence electrons. The van der Waals surface area contributed by atoms with Crippen molar-refractivity contribution in [2.75, 3.05) is 26.8 Å². The third-order valence-corrected chi connectivity index (χ3v) is 3.14. The lowest BCUT2D eigenvalue weighted by atomic mass is 10.0. The van der Waals surface area contributed by atoms with E-state index in [-0.39, 0.29) is 6.03 Å². The number of ether oxygens (including phenoxy) is 1. The lowest BCUT2D eigenvalue weighted by molar-refractivity contribution is -0.141. The summed E-state index contributed by atoms with van der Waals surface area (Å²) in [5.74, 6) is -0.574. The zero-order valence-electron chi connectivity index (χ0n) is 10.3. The molecule has 1 aliphatic rings. The van der Waals surface area contributed by atoms with E-state index in [4.69, 9.17) is 9.84 Å². The highest BCUT2D eigenvalue weighted by atomic mass is 16.5. The van der Waals surface area contributed by atoms with Crippen molar-refractivity contribution in [2.45, 2.75) is 25.8 Å². The predicted octanol–water partition coefficient (Wildman–Crippen LogP) is 0.527. The normalized spacial score (nSPS) is 18.5. The molecule has 6 nitrogen and oxygen atoms in total. The zero-order chi connectivity index (χ0) is 12.8. The maximum Gasteiger partial charge on any atom is 0.326 e. The largest absolute Gasteiger partial charge is 0.480 e. The fourth-order valence-corrected chi connectivity index (χ4v) is 1.65. The van der Waals surface area contributed by atoms with E-state index in [0.29, 0.717) is 12.5 Å². The van der Waals surface area contributed by atoms with Gasteiger partial charge in [-0.25, -0.2) is 9.59 Å². The SMILES string of the molecule is CC(C(=O)O)N(C)C(=O)NCC1CCOCC1. The van der Waals surface area contributed by atoms with Gasteiger partial charge in [0.15, 0.2) is 0 Å². The number of carbonyl (C=O) groups excluding carboxylic acids is 1. The molecule has 0 aliphatic carbocycles. The standard InChI is InChI=1S/C11H20N2O4/c1-8(10(14)15)13(2)11(16)12-7-9-3-5-17-6-4-9/h8-9H,3-7H2,1-2H3,(H,12,16)(H,14,15). The fraction of sp³-hybridized carbons (Fsp3) is 0.818. The molecule has 0 radical (unpaired) electrons. The van der Waals surface area contributed by atoms with Crippen LogP contribution >= 0.6 is 0 Å². The van der Waals surface area contributed by atoms with Crippen LogP contribution in [0.15, 0.2) is 0 Å². The second-order valence-corrected chi connectivity index (χ2v) is 4.37. The number of carboxylic acid groups (broad SMARTS) is 1. The number of nitrogens with one attached hydrogen (secondary N) is 1. The van der Waals surface area contributed by atoms with Crippen molar-refractivity contribution in [1.82, 2.24) is 10.2 Å². The molecule has 0 aromatic heterocycles. The average molecular weight is 244 g/mol. The molecule has 0 bridgehead atoms. The number of rotatable bonds is 4. The fourth-order valence-electron chi connectivity index (χ4n) is 1.65. The zero-order valence-corrected chi connectivity index (χ0v) is 10.3. The number of nitrogens with zero attached hydrogens (tertiary/aromatic N) is 1. The van der Waals surface area contributed by atoms with E-state index in [1.807, 2.05) is 0 Å². The van der Waals surface area contributed by atoms with Gasteiger partial charge in [0.2, 0.25) is 0 Å². The van der Waals surface area contributed by atoms with Gasteiger partial charge in [-0.15, -0.1) is 0 Å². The first-order chi connectivity index (χ1) is 8.02. The van der Waals surface area contributed by atoms with Crippen LogP contribution < -0.4 is 5.32 Å². The highest BCUT2D eigenvalue weighted by Gasteiger charge is 2.22. The lowest BCUT2D eigenvalue weighted by Gasteiger charge is -2.25. The maximum absolute atomic E-state index is 11.7. The third kappa shape index (κ3) is 4.22. The van der Waals surface area contributed by atoms with Gasteiger partial charge in [0.25, 0.3) is 0 Å². The molecule has 1 unspecified atom stereocenters. The molecule has 2 amide bonds. The van der Waals surface area contributed by atoms with Crippen molar-refractivity contribution in [2.24, 2.45) is 5.92 Å². The van der Waals surface area contributed by atoms with Crippen LogP contribution in [0.1, 0.15) is 19.8 Å². The van der Waals surface area contributed by atoms with Crippen LogP contribution in [0.25, 0.3) is 0 Å². The number of urea groups is 1. The molecule has 0 aromatic rings. The molecule has 6 heteroatoms. The Balaban J connectivity index is 2.30. The smallest absolute Gasteiger partial charge is 0.326 e. The Morgan fingerprint density at radius 3 is 2.59 bits per heavy atom. The van der Waals surface area contributed by atoms with E-state index in [1.54, 1.807) is 0 Å². The second-order valence-electron chi connectivity index (χ2n) is 4.37. The Morgan fingerprint density at radius 1 is 1.47 bits per heavy atom. The monoisotopic (exact) mass is 244 g/mol. The van der Waals surface area contributed by atoms with Crippen LogP contribution in [0.2, 0.25) is 0 Å². The summed E-state index contributed by atoms with van der Waals surface area (Å²) >= 11 is 0. The summed E-state index contributed by atoms with van der Waals surface area (Å²) in [7, 11) is 1.48. The molecule has 1 heterocycles. The van der Waals surface area contributed by atoms with Crippen molar-refractivity contribution < 1.29 is 19.4 Å². The lowest BCUT2D eigenvalue weighted by Crippen LogP contribution is -2.47. The number of aliphatic carboxylic acids is 1. The Kier molecular flexibility index (Phi) is 5.21. The summed E-state index contributed by atoms with van der Waals surface area (Å²) in [6.45, 7) is 3.54. The summed E-state index contributed by atoms with van der Waals surface area (Å²) in [5.41, 5.74) is 0. The molecule has 0 spiro atoms. The first-order valence-electron chi connectivity index (χ1n) is 5.83. The van der Waals surface area contributed by atoms with Crippen LogP contribution in [0.3, 0.4) is 0 Å². The number of carbonyl (C=O) groups is 2. The Hall–Kier alpha value is -1.30. The van der Waals surface area contributed by atoms with Gasteiger partial charge >= 0.3 is 12.0 Å². The van der Waals surface area contributed by atoms with Crippen LogP contribution in [-0.2, 0) is 9.53 Å². The Labute approximate surface area is 101 Å². The quantitative estimate of drug-likeness (QED) is 0.756. The van der Waals surface area contributed by atoms with E-state index in [0.717, 1.165) is 26.1 Å².